The summed E-state index contributed by atoms with van der Waals surface area (Å²) in [6.07, 6.45) is 12.3. The molecule has 0 aliphatic carbocycles. The van der Waals surface area contributed by atoms with E-state index in [4.69, 9.17) is 0 Å². The molecule has 0 amide bonds. The summed E-state index contributed by atoms with van der Waals surface area (Å²) >= 11 is 0. The Bertz CT molecular complexity index is 129. The highest BCUT2D eigenvalue weighted by molar-refractivity contribution is 4.88. The van der Waals surface area contributed by atoms with Gasteiger partial charge in [0.05, 0.1) is 0 Å². The first-order valence-electron chi connectivity index (χ1n) is 6.16. The van der Waals surface area contributed by atoms with Gasteiger partial charge in [-0.05, 0) is 12.8 Å². The average Bonchev–Trinajstić information content (AvgIpc) is 2.21. The van der Waals surface area contributed by atoms with Gasteiger partial charge >= 0.3 is 0 Å². The Kier molecular flexibility index (Phi) is 10.3. The SMILES string of the molecule is C=C(CCCCCCCCCC)NC. The zero-order chi connectivity index (χ0) is 10.6. The van der Waals surface area contributed by atoms with Crippen molar-refractivity contribution >= 4 is 0 Å². The molecule has 0 fully saturated rings. The molecular weight excluding hydrogens is 170 g/mol. The number of nitrogens with one attached hydrogen (secondary N) is 1. The second-order valence-corrected chi connectivity index (χ2v) is 4.08. The van der Waals surface area contributed by atoms with E-state index in [0.717, 1.165) is 6.42 Å². The Hall–Kier alpha value is -0.460. The lowest BCUT2D eigenvalue weighted by molar-refractivity contribution is 0.572. The van der Waals surface area contributed by atoms with Gasteiger partial charge in [0.15, 0.2) is 0 Å². The second-order valence-electron chi connectivity index (χ2n) is 4.08. The van der Waals surface area contributed by atoms with Crippen LogP contribution in [0.5, 0.6) is 0 Å². The van der Waals surface area contributed by atoms with Gasteiger partial charge in [0, 0.05) is 12.7 Å². The summed E-state index contributed by atoms with van der Waals surface area (Å²) < 4.78 is 0. The van der Waals surface area contributed by atoms with Gasteiger partial charge in [0.1, 0.15) is 0 Å². The molecule has 0 rings (SSSR count). The summed E-state index contributed by atoms with van der Waals surface area (Å²) in [5.41, 5.74) is 1.18. The summed E-state index contributed by atoms with van der Waals surface area (Å²) in [6, 6.07) is 0. The molecule has 0 heterocycles. The van der Waals surface area contributed by atoms with Crippen LogP contribution in [0.4, 0.5) is 0 Å². The molecular formula is C13H27N. The van der Waals surface area contributed by atoms with Gasteiger partial charge in [-0.2, -0.15) is 0 Å². The number of rotatable bonds is 10. The molecule has 0 bridgehead atoms. The normalized spacial score (nSPS) is 10.1. The molecule has 0 atom stereocenters. The summed E-state index contributed by atoms with van der Waals surface area (Å²) in [4.78, 5) is 0. The molecule has 0 aliphatic heterocycles. The number of hydrogen-bond donors (Lipinski definition) is 1. The van der Waals surface area contributed by atoms with E-state index in [9.17, 15) is 0 Å². The lowest BCUT2D eigenvalue weighted by Gasteiger charge is -2.04. The van der Waals surface area contributed by atoms with E-state index in [0.29, 0.717) is 0 Å². The second kappa shape index (κ2) is 10.6. The Balaban J connectivity index is 2.95. The van der Waals surface area contributed by atoms with Gasteiger partial charge in [0.2, 0.25) is 0 Å². The monoisotopic (exact) mass is 197 g/mol. The molecule has 0 unspecified atom stereocenters. The Labute approximate surface area is 90.0 Å². The fourth-order valence-electron chi connectivity index (χ4n) is 1.60. The first-order chi connectivity index (χ1) is 6.81. The summed E-state index contributed by atoms with van der Waals surface area (Å²) in [5.74, 6) is 0. The van der Waals surface area contributed by atoms with E-state index in [1.165, 1.54) is 57.1 Å². The van der Waals surface area contributed by atoms with E-state index < -0.39 is 0 Å². The minimum Gasteiger partial charge on any atom is -0.392 e. The third-order valence-corrected chi connectivity index (χ3v) is 2.69. The molecule has 1 heteroatoms. The van der Waals surface area contributed by atoms with Crippen LogP contribution in [-0.4, -0.2) is 7.05 Å². The van der Waals surface area contributed by atoms with Crippen molar-refractivity contribution in [3.05, 3.63) is 12.3 Å². The highest BCUT2D eigenvalue weighted by atomic mass is 14.8. The molecule has 1 nitrogen and oxygen atoms in total. The van der Waals surface area contributed by atoms with Crippen LogP contribution >= 0.6 is 0 Å². The van der Waals surface area contributed by atoms with E-state index >= 15 is 0 Å². The molecule has 0 saturated carbocycles. The van der Waals surface area contributed by atoms with E-state index in [1.54, 1.807) is 0 Å². The minimum atomic E-state index is 1.14. The largest absolute Gasteiger partial charge is 0.392 e. The van der Waals surface area contributed by atoms with Crippen molar-refractivity contribution in [1.29, 1.82) is 0 Å². The Morgan fingerprint density at radius 3 is 1.93 bits per heavy atom. The third kappa shape index (κ3) is 9.63. The van der Waals surface area contributed by atoms with Crippen LogP contribution in [0.2, 0.25) is 0 Å². The first-order valence-corrected chi connectivity index (χ1v) is 6.16. The zero-order valence-electron chi connectivity index (χ0n) is 10.1. The van der Waals surface area contributed by atoms with Crippen molar-refractivity contribution in [3.63, 3.8) is 0 Å². The molecule has 14 heavy (non-hydrogen) atoms. The Morgan fingerprint density at radius 1 is 0.929 bits per heavy atom. The molecule has 0 aliphatic rings. The lowest BCUT2D eigenvalue weighted by Crippen LogP contribution is -2.03. The molecule has 84 valence electrons. The molecule has 0 saturated heterocycles. The van der Waals surface area contributed by atoms with Crippen LogP contribution in [0.3, 0.4) is 0 Å². The number of unbranched alkanes of at least 4 members (excludes halogenated alkanes) is 7. The van der Waals surface area contributed by atoms with Gasteiger partial charge in [0.25, 0.3) is 0 Å². The number of allylic oxidation sites excluding steroid dienone is 1. The van der Waals surface area contributed by atoms with E-state index in [-0.39, 0.29) is 0 Å². The van der Waals surface area contributed by atoms with E-state index in [2.05, 4.69) is 18.8 Å². The topological polar surface area (TPSA) is 12.0 Å². The maximum atomic E-state index is 3.92. The Morgan fingerprint density at radius 2 is 1.43 bits per heavy atom. The summed E-state index contributed by atoms with van der Waals surface area (Å²) in [7, 11) is 1.95. The van der Waals surface area contributed by atoms with Crippen LogP contribution in [0, 0.1) is 0 Å². The molecule has 0 radical (unpaired) electrons. The van der Waals surface area contributed by atoms with Gasteiger partial charge in [-0.3, -0.25) is 0 Å². The zero-order valence-corrected chi connectivity index (χ0v) is 10.1. The fraction of sp³-hybridized carbons (Fsp3) is 0.846. The van der Waals surface area contributed by atoms with Crippen LogP contribution in [0.15, 0.2) is 12.3 Å². The van der Waals surface area contributed by atoms with Crippen LogP contribution in [0.25, 0.3) is 0 Å². The predicted octanol–water partition coefficient (Wildman–Crippen LogP) is 4.25. The highest BCUT2D eigenvalue weighted by Crippen LogP contribution is 2.10. The average molecular weight is 197 g/mol. The van der Waals surface area contributed by atoms with Crippen LogP contribution in [0.1, 0.15) is 64.7 Å². The smallest absolute Gasteiger partial charge is 0.00310 e. The summed E-state index contributed by atoms with van der Waals surface area (Å²) in [6.45, 7) is 6.19. The maximum absolute atomic E-state index is 3.92. The van der Waals surface area contributed by atoms with E-state index in [1.807, 2.05) is 7.05 Å². The van der Waals surface area contributed by atoms with Crippen LogP contribution < -0.4 is 5.32 Å². The van der Waals surface area contributed by atoms with Crippen LogP contribution in [-0.2, 0) is 0 Å². The maximum Gasteiger partial charge on any atom is 0.00310 e. The minimum absolute atomic E-state index is 1.14. The molecule has 0 aromatic rings. The van der Waals surface area contributed by atoms with Crippen molar-refractivity contribution < 1.29 is 0 Å². The standard InChI is InChI=1S/C13H27N/c1-4-5-6-7-8-9-10-11-12-13(2)14-3/h14H,2,4-12H2,1,3H3. The predicted molar refractivity (Wildman–Crippen MR) is 65.4 cm³/mol. The quantitative estimate of drug-likeness (QED) is 0.516. The van der Waals surface area contributed by atoms with Gasteiger partial charge in [-0.25, -0.2) is 0 Å². The lowest BCUT2D eigenvalue weighted by atomic mass is 10.1. The highest BCUT2D eigenvalue weighted by Gasteiger charge is 1.92. The van der Waals surface area contributed by atoms with Crippen molar-refractivity contribution in [2.45, 2.75) is 64.7 Å². The van der Waals surface area contributed by atoms with Crippen molar-refractivity contribution in [3.8, 4) is 0 Å². The molecule has 0 aromatic heterocycles. The van der Waals surface area contributed by atoms with Crippen molar-refractivity contribution in [2.24, 2.45) is 0 Å². The first kappa shape index (κ1) is 13.5. The molecule has 0 aromatic carbocycles. The fourth-order valence-corrected chi connectivity index (χ4v) is 1.60. The molecule has 1 N–H and O–H groups in total. The molecule has 0 spiro atoms. The van der Waals surface area contributed by atoms with Gasteiger partial charge in [-0.1, -0.05) is 58.4 Å². The number of hydrogen-bond acceptors (Lipinski definition) is 1. The van der Waals surface area contributed by atoms with Crippen molar-refractivity contribution in [1.82, 2.24) is 5.32 Å². The third-order valence-electron chi connectivity index (χ3n) is 2.69. The van der Waals surface area contributed by atoms with Gasteiger partial charge < -0.3 is 5.32 Å². The van der Waals surface area contributed by atoms with Gasteiger partial charge in [-0.15, -0.1) is 0 Å². The van der Waals surface area contributed by atoms with Crippen molar-refractivity contribution in [2.75, 3.05) is 7.05 Å². The summed E-state index contributed by atoms with van der Waals surface area (Å²) in [5, 5.41) is 3.09.